The average Bonchev–Trinajstić information content (AvgIpc) is 3.22. The lowest BCUT2D eigenvalue weighted by molar-refractivity contribution is -0.384. The number of nitro benzene ring substituents is 1. The van der Waals surface area contributed by atoms with Crippen molar-refractivity contribution < 1.29 is 9.66 Å². The third kappa shape index (κ3) is 2.70. The highest BCUT2D eigenvalue weighted by molar-refractivity contribution is 7.19. The summed E-state index contributed by atoms with van der Waals surface area (Å²) in [7, 11) is 1.61. The van der Waals surface area contributed by atoms with Gasteiger partial charge in [-0.25, -0.2) is 0 Å². The molecule has 0 amide bonds. The van der Waals surface area contributed by atoms with Crippen LogP contribution in [0.15, 0.2) is 48.5 Å². The Morgan fingerprint density at radius 2 is 1.92 bits per heavy atom. The van der Waals surface area contributed by atoms with Crippen LogP contribution in [0.2, 0.25) is 0 Å². The van der Waals surface area contributed by atoms with Crippen molar-refractivity contribution in [2.45, 2.75) is 0 Å². The molecule has 9 heteroatoms. The molecule has 2 aromatic carbocycles. The van der Waals surface area contributed by atoms with Gasteiger partial charge in [-0.05, 0) is 24.3 Å². The smallest absolute Gasteiger partial charge is 0.270 e. The minimum atomic E-state index is -0.424. The number of non-ortho nitro benzene ring substituents is 1. The van der Waals surface area contributed by atoms with Crippen LogP contribution in [0.5, 0.6) is 5.75 Å². The molecule has 2 aromatic heterocycles. The Morgan fingerprint density at radius 1 is 1.12 bits per heavy atom. The van der Waals surface area contributed by atoms with Gasteiger partial charge in [-0.1, -0.05) is 23.5 Å². The molecule has 25 heavy (non-hydrogen) atoms. The van der Waals surface area contributed by atoms with E-state index >= 15 is 0 Å². The summed E-state index contributed by atoms with van der Waals surface area (Å²) in [6, 6.07) is 13.8. The van der Waals surface area contributed by atoms with E-state index < -0.39 is 4.92 Å². The summed E-state index contributed by atoms with van der Waals surface area (Å²) < 4.78 is 6.79. The second-order valence-electron chi connectivity index (χ2n) is 5.16. The van der Waals surface area contributed by atoms with Gasteiger partial charge in [0.05, 0.1) is 12.0 Å². The van der Waals surface area contributed by atoms with E-state index in [9.17, 15) is 10.1 Å². The molecular weight excluding hydrogens is 342 g/mol. The molecule has 124 valence electrons. The topological polar surface area (TPSA) is 95.5 Å². The normalized spacial score (nSPS) is 10.9. The maximum absolute atomic E-state index is 10.9. The van der Waals surface area contributed by atoms with E-state index in [0.29, 0.717) is 21.4 Å². The summed E-state index contributed by atoms with van der Waals surface area (Å²) in [4.78, 5) is 11.1. The van der Waals surface area contributed by atoms with Gasteiger partial charge < -0.3 is 4.74 Å². The minimum Gasteiger partial charge on any atom is -0.497 e. The van der Waals surface area contributed by atoms with Crippen molar-refractivity contribution in [3.05, 3.63) is 58.6 Å². The summed E-state index contributed by atoms with van der Waals surface area (Å²) in [6.07, 6.45) is 0. The van der Waals surface area contributed by atoms with Gasteiger partial charge >= 0.3 is 0 Å². The molecule has 0 unspecified atom stereocenters. The first-order chi connectivity index (χ1) is 12.2. The van der Waals surface area contributed by atoms with Crippen molar-refractivity contribution in [2.24, 2.45) is 0 Å². The van der Waals surface area contributed by atoms with Crippen molar-refractivity contribution in [3.63, 3.8) is 0 Å². The summed E-state index contributed by atoms with van der Waals surface area (Å²) in [6.45, 7) is 0. The van der Waals surface area contributed by atoms with E-state index in [1.165, 1.54) is 23.5 Å². The molecule has 0 radical (unpaired) electrons. The molecule has 0 N–H and O–H groups in total. The zero-order chi connectivity index (χ0) is 17.4. The number of benzene rings is 2. The van der Waals surface area contributed by atoms with Crippen molar-refractivity contribution in [1.82, 2.24) is 19.8 Å². The Hall–Kier alpha value is -3.33. The summed E-state index contributed by atoms with van der Waals surface area (Å²) in [5.74, 6) is 1.35. The number of nitrogens with zero attached hydrogens (tertiary/aromatic N) is 5. The van der Waals surface area contributed by atoms with Crippen LogP contribution in [-0.4, -0.2) is 31.8 Å². The minimum absolute atomic E-state index is 0.0267. The monoisotopic (exact) mass is 353 g/mol. The molecule has 8 nitrogen and oxygen atoms in total. The number of ether oxygens (including phenoxy) is 1. The van der Waals surface area contributed by atoms with Crippen LogP contribution in [0.4, 0.5) is 5.69 Å². The fraction of sp³-hybridized carbons (Fsp3) is 0.0625. The zero-order valence-corrected chi connectivity index (χ0v) is 13.8. The van der Waals surface area contributed by atoms with Crippen LogP contribution in [0.25, 0.3) is 26.9 Å². The fourth-order valence-corrected chi connectivity index (χ4v) is 3.24. The highest BCUT2D eigenvalue weighted by Crippen LogP contribution is 2.30. The Kier molecular flexibility index (Phi) is 3.62. The van der Waals surface area contributed by atoms with Crippen LogP contribution in [0, 0.1) is 10.1 Å². The number of aromatic nitrogens is 4. The highest BCUT2D eigenvalue weighted by atomic mass is 32.1. The summed E-state index contributed by atoms with van der Waals surface area (Å²) >= 11 is 1.32. The van der Waals surface area contributed by atoms with Crippen LogP contribution in [0.3, 0.4) is 0 Å². The van der Waals surface area contributed by atoms with E-state index in [0.717, 1.165) is 11.3 Å². The standard InChI is InChI=1S/C16H11N5O3S/c1-24-13-7-5-10(6-8-13)14-17-18-16-20(14)19-15(25-16)11-3-2-4-12(9-11)21(22)23/h2-9H,1H3. The molecule has 0 bridgehead atoms. The molecule has 0 atom stereocenters. The molecule has 0 saturated heterocycles. The van der Waals surface area contributed by atoms with Crippen molar-refractivity contribution in [2.75, 3.05) is 7.11 Å². The molecule has 4 rings (SSSR count). The number of rotatable bonds is 4. The van der Waals surface area contributed by atoms with Gasteiger partial charge in [-0.3, -0.25) is 10.1 Å². The highest BCUT2D eigenvalue weighted by Gasteiger charge is 2.16. The van der Waals surface area contributed by atoms with Gasteiger partial charge in [-0.2, -0.15) is 9.61 Å². The number of hydrogen-bond acceptors (Lipinski definition) is 7. The van der Waals surface area contributed by atoms with Gasteiger partial charge in [-0.15, -0.1) is 10.2 Å². The van der Waals surface area contributed by atoms with E-state index in [1.54, 1.807) is 23.8 Å². The van der Waals surface area contributed by atoms with Crippen molar-refractivity contribution in [1.29, 1.82) is 0 Å². The number of hydrogen-bond donors (Lipinski definition) is 0. The Bertz CT molecular complexity index is 1070. The number of methoxy groups -OCH3 is 1. The van der Waals surface area contributed by atoms with Gasteiger partial charge in [0.15, 0.2) is 5.82 Å². The zero-order valence-electron chi connectivity index (χ0n) is 13.0. The van der Waals surface area contributed by atoms with E-state index in [1.807, 2.05) is 24.3 Å². The van der Waals surface area contributed by atoms with Gasteiger partial charge in [0.25, 0.3) is 5.69 Å². The molecule has 0 aliphatic rings. The quantitative estimate of drug-likeness (QED) is 0.412. The second kappa shape index (κ2) is 5.95. The first-order valence-corrected chi connectivity index (χ1v) is 8.09. The summed E-state index contributed by atoms with van der Waals surface area (Å²) in [5, 5.41) is 24.4. The van der Waals surface area contributed by atoms with E-state index in [2.05, 4.69) is 15.3 Å². The fourth-order valence-electron chi connectivity index (χ4n) is 2.41. The molecule has 0 aliphatic heterocycles. The van der Waals surface area contributed by atoms with Crippen LogP contribution < -0.4 is 4.74 Å². The van der Waals surface area contributed by atoms with Crippen molar-refractivity contribution >= 4 is 22.0 Å². The predicted molar refractivity (Wildman–Crippen MR) is 92.7 cm³/mol. The maximum Gasteiger partial charge on any atom is 0.270 e. The molecular formula is C16H11N5O3S. The third-order valence-corrected chi connectivity index (χ3v) is 4.59. The van der Waals surface area contributed by atoms with Crippen LogP contribution in [-0.2, 0) is 0 Å². The van der Waals surface area contributed by atoms with Gasteiger partial charge in [0, 0.05) is 23.3 Å². The molecule has 0 fully saturated rings. The molecule has 0 saturated carbocycles. The first-order valence-electron chi connectivity index (χ1n) is 7.27. The van der Waals surface area contributed by atoms with Gasteiger partial charge in [0.1, 0.15) is 10.8 Å². The maximum atomic E-state index is 10.9. The second-order valence-corrected chi connectivity index (χ2v) is 6.12. The van der Waals surface area contributed by atoms with Crippen LogP contribution >= 0.6 is 11.3 Å². The Labute approximate surface area is 145 Å². The average molecular weight is 353 g/mol. The third-order valence-electron chi connectivity index (χ3n) is 3.64. The molecule has 2 heterocycles. The molecule has 4 aromatic rings. The largest absolute Gasteiger partial charge is 0.497 e. The lowest BCUT2D eigenvalue weighted by Gasteiger charge is -2.00. The Morgan fingerprint density at radius 3 is 2.64 bits per heavy atom. The number of nitro groups is 1. The molecule has 0 spiro atoms. The van der Waals surface area contributed by atoms with Gasteiger partial charge in [0.2, 0.25) is 4.96 Å². The lowest BCUT2D eigenvalue weighted by atomic mass is 10.2. The SMILES string of the molecule is COc1ccc(-c2nnc3sc(-c4cccc([N+](=O)[O-])c4)nn23)cc1. The van der Waals surface area contributed by atoms with Crippen LogP contribution in [0.1, 0.15) is 0 Å². The van der Waals surface area contributed by atoms with E-state index in [-0.39, 0.29) is 5.69 Å². The first kappa shape index (κ1) is 15.2. The Balaban J connectivity index is 1.77. The summed E-state index contributed by atoms with van der Waals surface area (Å²) in [5.41, 5.74) is 1.55. The number of fused-ring (bicyclic) bond motifs is 1. The lowest BCUT2D eigenvalue weighted by Crippen LogP contribution is -1.92. The molecule has 0 aliphatic carbocycles. The van der Waals surface area contributed by atoms with Crippen molar-refractivity contribution in [3.8, 4) is 27.7 Å². The predicted octanol–water partition coefficient (Wildman–Crippen LogP) is 3.44. The van der Waals surface area contributed by atoms with E-state index in [4.69, 9.17) is 4.74 Å².